The highest BCUT2D eigenvalue weighted by Crippen LogP contribution is 2.28. The van der Waals surface area contributed by atoms with Crippen molar-refractivity contribution in [3.05, 3.63) is 94.9 Å². The molecule has 0 aliphatic rings. The lowest BCUT2D eigenvalue weighted by Crippen LogP contribution is -2.21. The summed E-state index contributed by atoms with van der Waals surface area (Å²) in [7, 11) is 0. The third kappa shape index (κ3) is 3.67. The molecule has 1 atom stereocenters. The fourth-order valence-corrected chi connectivity index (χ4v) is 3.36. The molecule has 0 spiro atoms. The van der Waals surface area contributed by atoms with Crippen molar-refractivity contribution < 1.29 is 13.9 Å². The zero-order chi connectivity index (χ0) is 21.3. The topological polar surface area (TPSA) is 81.2 Å². The molecule has 7 heteroatoms. The second-order valence-electron chi connectivity index (χ2n) is 7.10. The standard InChI is InChI=1S/C23H20FN3O3/c1-3-23(29,4-2)21-14-27(26-25-21)13-15-5-10-18-19(12-22(28)30-20(18)11-15)16-6-8-17(24)9-7-16/h3,5-12,14,29H,1,4,13H2,2H3. The van der Waals surface area contributed by atoms with Gasteiger partial charge in [0, 0.05) is 11.5 Å². The van der Waals surface area contributed by atoms with Crippen LogP contribution < -0.4 is 5.63 Å². The summed E-state index contributed by atoms with van der Waals surface area (Å²) in [5, 5.41) is 19.4. The van der Waals surface area contributed by atoms with Gasteiger partial charge in [0.2, 0.25) is 0 Å². The molecule has 0 radical (unpaired) electrons. The maximum absolute atomic E-state index is 13.3. The van der Waals surface area contributed by atoms with Crippen LogP contribution in [0.3, 0.4) is 0 Å². The van der Waals surface area contributed by atoms with Gasteiger partial charge in [-0.25, -0.2) is 13.9 Å². The molecular weight excluding hydrogens is 385 g/mol. The van der Waals surface area contributed by atoms with Crippen molar-refractivity contribution in [1.82, 2.24) is 15.0 Å². The van der Waals surface area contributed by atoms with Crippen LogP contribution in [-0.4, -0.2) is 20.1 Å². The average Bonchev–Trinajstić information content (AvgIpc) is 3.22. The van der Waals surface area contributed by atoms with Crippen LogP contribution in [0.1, 0.15) is 24.6 Å². The normalized spacial score (nSPS) is 13.3. The van der Waals surface area contributed by atoms with Crippen LogP contribution in [-0.2, 0) is 12.1 Å². The molecule has 2 aromatic carbocycles. The van der Waals surface area contributed by atoms with Crippen LogP contribution in [0.25, 0.3) is 22.1 Å². The van der Waals surface area contributed by atoms with E-state index in [4.69, 9.17) is 4.42 Å². The predicted octanol–water partition coefficient (Wildman–Crippen LogP) is 4.02. The van der Waals surface area contributed by atoms with E-state index < -0.39 is 11.2 Å². The fourth-order valence-electron chi connectivity index (χ4n) is 3.36. The Morgan fingerprint density at radius 2 is 2.00 bits per heavy atom. The van der Waals surface area contributed by atoms with E-state index in [0.29, 0.717) is 29.8 Å². The molecule has 0 fully saturated rings. The zero-order valence-corrected chi connectivity index (χ0v) is 16.4. The molecule has 0 amide bonds. The van der Waals surface area contributed by atoms with Crippen molar-refractivity contribution in [2.45, 2.75) is 25.5 Å². The lowest BCUT2D eigenvalue weighted by atomic mass is 9.98. The molecule has 0 aliphatic heterocycles. The fraction of sp³-hybridized carbons (Fsp3) is 0.174. The monoisotopic (exact) mass is 405 g/mol. The molecule has 30 heavy (non-hydrogen) atoms. The summed E-state index contributed by atoms with van der Waals surface area (Å²) in [5.41, 5.74) is 1.39. The van der Waals surface area contributed by atoms with Gasteiger partial charge in [-0.3, -0.25) is 0 Å². The van der Waals surface area contributed by atoms with Gasteiger partial charge in [-0.1, -0.05) is 49.1 Å². The molecule has 2 heterocycles. The minimum absolute atomic E-state index is 0.341. The van der Waals surface area contributed by atoms with Crippen LogP contribution in [0.5, 0.6) is 0 Å². The Hall–Kier alpha value is -3.58. The first-order chi connectivity index (χ1) is 14.4. The summed E-state index contributed by atoms with van der Waals surface area (Å²) in [6.45, 7) is 5.88. The summed E-state index contributed by atoms with van der Waals surface area (Å²) in [5.74, 6) is -0.341. The third-order valence-corrected chi connectivity index (χ3v) is 5.17. The van der Waals surface area contributed by atoms with Gasteiger partial charge in [-0.15, -0.1) is 5.10 Å². The second kappa shape index (κ2) is 7.68. The largest absolute Gasteiger partial charge is 0.423 e. The van der Waals surface area contributed by atoms with E-state index >= 15 is 0 Å². The number of hydrogen-bond donors (Lipinski definition) is 1. The third-order valence-electron chi connectivity index (χ3n) is 5.17. The van der Waals surface area contributed by atoms with Crippen molar-refractivity contribution in [2.75, 3.05) is 0 Å². The number of benzene rings is 2. The van der Waals surface area contributed by atoms with Crippen LogP contribution in [0.2, 0.25) is 0 Å². The molecule has 1 N–H and O–H groups in total. The average molecular weight is 405 g/mol. The Morgan fingerprint density at radius 1 is 1.23 bits per heavy atom. The number of aliphatic hydroxyl groups is 1. The Balaban J connectivity index is 1.69. The van der Waals surface area contributed by atoms with Crippen LogP contribution in [0, 0.1) is 5.82 Å². The summed E-state index contributed by atoms with van der Waals surface area (Å²) in [6, 6.07) is 12.9. The summed E-state index contributed by atoms with van der Waals surface area (Å²) in [6.07, 6.45) is 3.55. The second-order valence-corrected chi connectivity index (χ2v) is 7.10. The molecule has 0 bridgehead atoms. The first kappa shape index (κ1) is 19.7. The SMILES string of the molecule is C=CC(O)(CC)c1cn(Cc2ccc3c(-c4ccc(F)cc4)cc(=O)oc3c2)nn1. The van der Waals surface area contributed by atoms with E-state index in [0.717, 1.165) is 16.5 Å². The van der Waals surface area contributed by atoms with Crippen molar-refractivity contribution in [3.8, 4) is 11.1 Å². The summed E-state index contributed by atoms with van der Waals surface area (Å²) in [4.78, 5) is 12.1. The highest BCUT2D eigenvalue weighted by molar-refractivity contribution is 5.93. The van der Waals surface area contributed by atoms with E-state index in [1.165, 1.54) is 24.3 Å². The number of aromatic nitrogens is 3. The lowest BCUT2D eigenvalue weighted by Gasteiger charge is -2.18. The Labute approximate surface area is 171 Å². The Kier molecular flexibility index (Phi) is 5.05. The predicted molar refractivity (Wildman–Crippen MR) is 111 cm³/mol. The molecule has 0 saturated carbocycles. The van der Waals surface area contributed by atoms with Crippen molar-refractivity contribution >= 4 is 11.0 Å². The Bertz CT molecular complexity index is 1280. The van der Waals surface area contributed by atoms with Gasteiger partial charge in [0.1, 0.15) is 22.7 Å². The lowest BCUT2D eigenvalue weighted by molar-refractivity contribution is 0.0808. The molecule has 0 aliphatic carbocycles. The number of hydrogen-bond acceptors (Lipinski definition) is 5. The van der Waals surface area contributed by atoms with Gasteiger partial charge in [0.15, 0.2) is 0 Å². The Morgan fingerprint density at radius 3 is 2.70 bits per heavy atom. The minimum Gasteiger partial charge on any atom is -0.423 e. The maximum atomic E-state index is 13.3. The highest BCUT2D eigenvalue weighted by atomic mass is 19.1. The quantitative estimate of drug-likeness (QED) is 0.387. The number of halogens is 1. The van der Waals surface area contributed by atoms with Crippen molar-refractivity contribution in [3.63, 3.8) is 0 Å². The van der Waals surface area contributed by atoms with Crippen molar-refractivity contribution in [2.24, 2.45) is 0 Å². The highest BCUT2D eigenvalue weighted by Gasteiger charge is 2.26. The summed E-state index contributed by atoms with van der Waals surface area (Å²) < 4.78 is 20.3. The van der Waals surface area contributed by atoms with Gasteiger partial charge in [-0.05, 0) is 41.3 Å². The zero-order valence-electron chi connectivity index (χ0n) is 16.4. The van der Waals surface area contributed by atoms with E-state index in [1.807, 2.05) is 19.1 Å². The van der Waals surface area contributed by atoms with Crippen LogP contribution in [0.4, 0.5) is 4.39 Å². The molecule has 6 nitrogen and oxygen atoms in total. The molecule has 2 aromatic heterocycles. The molecular formula is C23H20FN3O3. The number of fused-ring (bicyclic) bond motifs is 1. The van der Waals surface area contributed by atoms with Crippen LogP contribution >= 0.6 is 0 Å². The van der Waals surface area contributed by atoms with Crippen molar-refractivity contribution in [1.29, 1.82) is 0 Å². The molecule has 4 rings (SSSR count). The number of rotatable bonds is 6. The number of nitrogens with zero attached hydrogens (tertiary/aromatic N) is 3. The molecule has 1 unspecified atom stereocenters. The van der Waals surface area contributed by atoms with Gasteiger partial charge < -0.3 is 9.52 Å². The van der Waals surface area contributed by atoms with E-state index in [1.54, 1.807) is 29.1 Å². The van der Waals surface area contributed by atoms with E-state index in [2.05, 4.69) is 16.9 Å². The van der Waals surface area contributed by atoms with Gasteiger partial charge in [0.25, 0.3) is 0 Å². The van der Waals surface area contributed by atoms with Crippen LogP contribution in [0.15, 0.2) is 76.6 Å². The molecule has 152 valence electrons. The summed E-state index contributed by atoms with van der Waals surface area (Å²) >= 11 is 0. The smallest absolute Gasteiger partial charge is 0.336 e. The first-order valence-corrected chi connectivity index (χ1v) is 9.51. The first-order valence-electron chi connectivity index (χ1n) is 9.51. The van der Waals surface area contributed by atoms with E-state index in [9.17, 15) is 14.3 Å². The molecule has 0 saturated heterocycles. The van der Waals surface area contributed by atoms with Gasteiger partial charge in [-0.2, -0.15) is 0 Å². The maximum Gasteiger partial charge on any atom is 0.336 e. The van der Waals surface area contributed by atoms with Gasteiger partial charge >= 0.3 is 5.63 Å². The van der Waals surface area contributed by atoms with E-state index in [-0.39, 0.29) is 5.82 Å². The molecule has 4 aromatic rings. The van der Waals surface area contributed by atoms with Gasteiger partial charge in [0.05, 0.1) is 12.7 Å². The minimum atomic E-state index is -1.22.